The molecule has 0 heterocycles. The van der Waals surface area contributed by atoms with E-state index < -0.39 is 11.6 Å². The number of thioether (sulfide) groups is 1. The van der Waals surface area contributed by atoms with E-state index in [4.69, 9.17) is 0 Å². The summed E-state index contributed by atoms with van der Waals surface area (Å²) in [6.45, 7) is 0.555. The zero-order chi connectivity index (χ0) is 11.0. The van der Waals surface area contributed by atoms with E-state index in [1.54, 1.807) is 0 Å². The lowest BCUT2D eigenvalue weighted by Gasteiger charge is -2.06. The molecule has 0 aliphatic carbocycles. The molecule has 0 rings (SSSR count). The van der Waals surface area contributed by atoms with E-state index in [1.165, 1.54) is 0 Å². The summed E-state index contributed by atoms with van der Waals surface area (Å²) in [6, 6.07) is 0. The van der Waals surface area contributed by atoms with Crippen molar-refractivity contribution in [3.63, 3.8) is 0 Å². The molecular weight excluding hydrogens is 221 g/mol. The predicted octanol–water partition coefficient (Wildman–Crippen LogP) is 0.924. The van der Waals surface area contributed by atoms with Gasteiger partial charge in [0.25, 0.3) is 0 Å². The highest BCUT2D eigenvalue weighted by Crippen LogP contribution is 2.29. The van der Waals surface area contributed by atoms with Gasteiger partial charge >= 0.3 is 11.6 Å². The number of carbonyl (C=O) groups excluding carboxylic acids is 1. The minimum atomic E-state index is -4.19. The van der Waals surface area contributed by atoms with Gasteiger partial charge in [-0.2, -0.15) is 13.2 Å². The summed E-state index contributed by atoms with van der Waals surface area (Å²) in [4.78, 5) is 10.0. The van der Waals surface area contributed by atoms with Crippen LogP contribution in [0.25, 0.3) is 0 Å². The number of amides is 1. The highest BCUT2D eigenvalue weighted by atomic mass is 32.2. The van der Waals surface area contributed by atoms with Crippen LogP contribution in [-0.2, 0) is 4.74 Å². The maximum Gasteiger partial charge on any atom is 0.441 e. The summed E-state index contributed by atoms with van der Waals surface area (Å²) in [5, 5.41) is 2.66. The lowest BCUT2D eigenvalue weighted by Crippen LogP contribution is -2.25. The number of hydrogen-bond acceptors (Lipinski definition) is 4. The number of hydrogen-bond donors (Lipinski definition) is 2. The van der Waals surface area contributed by atoms with Crippen LogP contribution >= 0.6 is 11.8 Å². The molecule has 0 aliphatic rings. The van der Waals surface area contributed by atoms with E-state index in [-0.39, 0.29) is 30.7 Å². The molecule has 0 spiro atoms. The lowest BCUT2D eigenvalue weighted by atomic mass is 10.6. The van der Waals surface area contributed by atoms with Crippen molar-refractivity contribution in [2.24, 2.45) is 5.73 Å². The molecule has 8 heteroatoms. The van der Waals surface area contributed by atoms with Gasteiger partial charge in [0.1, 0.15) is 6.61 Å². The van der Waals surface area contributed by atoms with Crippen molar-refractivity contribution >= 4 is 17.9 Å². The Morgan fingerprint density at radius 3 is 2.57 bits per heavy atom. The molecule has 14 heavy (non-hydrogen) atoms. The van der Waals surface area contributed by atoms with Crippen LogP contribution in [0.4, 0.5) is 18.0 Å². The standard InChI is InChI=1S/C6H11F3N2O2S/c7-6(8,9)14-4-2-11-1-3-13-5(10)12/h11H,1-4H2,(H2,10,12). The molecular formula is C6H11F3N2O2S. The number of rotatable bonds is 6. The van der Waals surface area contributed by atoms with Gasteiger partial charge in [0.15, 0.2) is 0 Å². The molecule has 4 nitrogen and oxygen atoms in total. The van der Waals surface area contributed by atoms with Crippen LogP contribution in [0, 0.1) is 0 Å². The van der Waals surface area contributed by atoms with Crippen molar-refractivity contribution in [3.8, 4) is 0 Å². The average molecular weight is 232 g/mol. The predicted molar refractivity (Wildman–Crippen MR) is 46.9 cm³/mol. The summed E-state index contributed by atoms with van der Waals surface area (Å²) >= 11 is -0.0970. The van der Waals surface area contributed by atoms with Crippen LogP contribution in [0.3, 0.4) is 0 Å². The van der Waals surface area contributed by atoms with Crippen molar-refractivity contribution in [2.75, 3.05) is 25.4 Å². The van der Waals surface area contributed by atoms with Crippen LogP contribution in [0.1, 0.15) is 0 Å². The third kappa shape index (κ3) is 11.4. The first kappa shape index (κ1) is 13.4. The van der Waals surface area contributed by atoms with Gasteiger partial charge in [-0.1, -0.05) is 0 Å². The SMILES string of the molecule is NC(=O)OCCNCCSC(F)(F)F. The largest absolute Gasteiger partial charge is 0.448 e. The van der Waals surface area contributed by atoms with E-state index in [0.29, 0.717) is 6.54 Å². The second-order valence-electron chi connectivity index (χ2n) is 2.21. The van der Waals surface area contributed by atoms with Crippen LogP contribution in [0.5, 0.6) is 0 Å². The molecule has 1 amide bonds. The van der Waals surface area contributed by atoms with Crippen molar-refractivity contribution in [3.05, 3.63) is 0 Å². The Morgan fingerprint density at radius 1 is 1.43 bits per heavy atom. The van der Waals surface area contributed by atoms with Gasteiger partial charge in [0.05, 0.1) is 0 Å². The third-order valence-electron chi connectivity index (χ3n) is 1.07. The Bertz CT molecular complexity index is 177. The first-order chi connectivity index (χ1) is 6.42. The minimum absolute atomic E-state index is 0.0615. The molecule has 0 atom stereocenters. The summed E-state index contributed by atoms with van der Waals surface area (Å²) < 4.78 is 39.1. The normalized spacial score (nSPS) is 11.4. The molecule has 0 saturated carbocycles. The average Bonchev–Trinajstić information content (AvgIpc) is 2.00. The smallest absolute Gasteiger partial charge is 0.441 e. The second-order valence-corrected chi connectivity index (χ2v) is 3.37. The highest BCUT2D eigenvalue weighted by molar-refractivity contribution is 8.00. The second kappa shape index (κ2) is 6.77. The molecule has 3 N–H and O–H groups in total. The maximum absolute atomic E-state index is 11.6. The van der Waals surface area contributed by atoms with Gasteiger partial charge in [-0.05, 0) is 11.8 Å². The molecule has 0 aromatic carbocycles. The van der Waals surface area contributed by atoms with E-state index in [2.05, 4.69) is 15.8 Å². The van der Waals surface area contributed by atoms with Crippen LogP contribution in [-0.4, -0.2) is 37.1 Å². The Labute approximate surface area is 83.3 Å². The zero-order valence-corrected chi connectivity index (χ0v) is 8.08. The summed E-state index contributed by atoms with van der Waals surface area (Å²) in [5.41, 5.74) is 0.460. The molecule has 0 radical (unpaired) electrons. The number of nitrogens with two attached hydrogens (primary N) is 1. The number of carbonyl (C=O) groups is 1. The quantitative estimate of drug-likeness (QED) is 0.668. The molecule has 0 bridgehead atoms. The number of halogens is 3. The molecule has 0 aromatic rings. The maximum atomic E-state index is 11.6. The number of ether oxygens (including phenoxy) is 1. The molecule has 0 fully saturated rings. The van der Waals surface area contributed by atoms with Crippen molar-refractivity contribution < 1.29 is 22.7 Å². The molecule has 0 aliphatic heterocycles. The molecule has 0 aromatic heterocycles. The zero-order valence-electron chi connectivity index (χ0n) is 7.26. The van der Waals surface area contributed by atoms with Gasteiger partial charge in [0.2, 0.25) is 0 Å². The third-order valence-corrected chi connectivity index (χ3v) is 1.80. The fourth-order valence-corrected chi connectivity index (χ4v) is 1.07. The molecule has 0 saturated heterocycles. The van der Waals surface area contributed by atoms with Crippen molar-refractivity contribution in [1.82, 2.24) is 5.32 Å². The number of alkyl halides is 3. The van der Waals surface area contributed by atoms with E-state index >= 15 is 0 Å². The Kier molecular flexibility index (Phi) is 6.46. The van der Waals surface area contributed by atoms with Crippen molar-refractivity contribution in [1.29, 1.82) is 0 Å². The van der Waals surface area contributed by atoms with Crippen LogP contribution in [0.2, 0.25) is 0 Å². The van der Waals surface area contributed by atoms with Gasteiger partial charge in [-0.15, -0.1) is 0 Å². The minimum Gasteiger partial charge on any atom is -0.448 e. The number of nitrogens with one attached hydrogen (secondary N) is 1. The Hall–Kier alpha value is -0.630. The lowest BCUT2D eigenvalue weighted by molar-refractivity contribution is -0.0327. The van der Waals surface area contributed by atoms with E-state index in [9.17, 15) is 18.0 Å². The fraction of sp³-hybridized carbons (Fsp3) is 0.833. The van der Waals surface area contributed by atoms with Gasteiger partial charge in [-0.25, -0.2) is 4.79 Å². The fourth-order valence-electron chi connectivity index (χ4n) is 0.588. The van der Waals surface area contributed by atoms with E-state index in [1.807, 2.05) is 0 Å². The summed E-state index contributed by atoms with van der Waals surface area (Å²) in [6.07, 6.45) is -0.892. The van der Waals surface area contributed by atoms with Crippen LogP contribution < -0.4 is 11.1 Å². The topological polar surface area (TPSA) is 64.4 Å². The summed E-state index contributed by atoms with van der Waals surface area (Å²) in [5.74, 6) is -0.0694. The Balaban J connectivity index is 3.11. The van der Waals surface area contributed by atoms with E-state index in [0.717, 1.165) is 0 Å². The molecule has 0 unspecified atom stereocenters. The highest BCUT2D eigenvalue weighted by Gasteiger charge is 2.27. The monoisotopic (exact) mass is 232 g/mol. The van der Waals surface area contributed by atoms with Gasteiger partial charge in [0, 0.05) is 18.8 Å². The van der Waals surface area contributed by atoms with Gasteiger partial charge in [-0.3, -0.25) is 0 Å². The first-order valence-corrected chi connectivity index (χ1v) is 4.74. The first-order valence-electron chi connectivity index (χ1n) is 3.75. The van der Waals surface area contributed by atoms with Gasteiger partial charge < -0.3 is 15.8 Å². The Morgan fingerprint density at radius 2 is 2.07 bits per heavy atom. The van der Waals surface area contributed by atoms with Crippen LogP contribution in [0.15, 0.2) is 0 Å². The summed E-state index contributed by atoms with van der Waals surface area (Å²) in [7, 11) is 0. The molecule has 84 valence electrons. The number of primary amides is 1. The van der Waals surface area contributed by atoms with Crippen molar-refractivity contribution in [2.45, 2.75) is 5.51 Å².